The van der Waals surface area contributed by atoms with E-state index in [4.69, 9.17) is 0 Å². The number of hydrogen-bond donors (Lipinski definition) is 1. The van der Waals surface area contributed by atoms with E-state index in [-0.39, 0.29) is 11.9 Å². The fourth-order valence-electron chi connectivity index (χ4n) is 2.18. The van der Waals surface area contributed by atoms with Crippen LogP contribution < -0.4 is 10.2 Å². The number of halogens is 1. The summed E-state index contributed by atoms with van der Waals surface area (Å²) < 4.78 is 13.8. The van der Waals surface area contributed by atoms with Crippen molar-refractivity contribution in [2.24, 2.45) is 0 Å². The Bertz CT molecular complexity index is 556. The maximum atomic E-state index is 13.8. The van der Waals surface area contributed by atoms with Gasteiger partial charge in [-0.1, -0.05) is 24.3 Å². The van der Waals surface area contributed by atoms with Gasteiger partial charge in [0.05, 0.1) is 5.69 Å². The van der Waals surface area contributed by atoms with Gasteiger partial charge in [0, 0.05) is 25.8 Å². The summed E-state index contributed by atoms with van der Waals surface area (Å²) in [5.41, 5.74) is 3.79. The lowest BCUT2D eigenvalue weighted by atomic mass is 10.1. The third kappa shape index (κ3) is 3.10. The molecule has 0 aliphatic heterocycles. The molecule has 2 aromatic carbocycles. The van der Waals surface area contributed by atoms with Crippen LogP contribution in [0.3, 0.4) is 0 Å². The van der Waals surface area contributed by atoms with Crippen molar-refractivity contribution in [3.8, 4) is 0 Å². The fourth-order valence-corrected chi connectivity index (χ4v) is 2.18. The number of hydrogen-bond acceptors (Lipinski definition) is 2. The molecule has 106 valence electrons. The molecular weight excluding hydrogens is 251 g/mol. The van der Waals surface area contributed by atoms with Crippen molar-refractivity contribution in [1.82, 2.24) is 0 Å². The maximum absolute atomic E-state index is 13.8. The normalized spacial score (nSPS) is 12.1. The quantitative estimate of drug-likeness (QED) is 0.889. The van der Waals surface area contributed by atoms with Gasteiger partial charge in [-0.2, -0.15) is 0 Å². The second kappa shape index (κ2) is 5.95. The minimum Gasteiger partial charge on any atom is -0.378 e. The van der Waals surface area contributed by atoms with Gasteiger partial charge in [0.25, 0.3) is 0 Å². The molecule has 3 heteroatoms. The molecular formula is C17H21FN2. The largest absolute Gasteiger partial charge is 0.378 e. The van der Waals surface area contributed by atoms with E-state index in [9.17, 15) is 4.39 Å². The molecule has 0 aromatic heterocycles. The van der Waals surface area contributed by atoms with Gasteiger partial charge >= 0.3 is 0 Å². The average Bonchev–Trinajstić information content (AvgIpc) is 2.43. The molecule has 0 radical (unpaired) electrons. The lowest BCUT2D eigenvalue weighted by Crippen LogP contribution is -2.11. The van der Waals surface area contributed by atoms with Crippen molar-refractivity contribution in [3.63, 3.8) is 0 Å². The highest BCUT2D eigenvalue weighted by atomic mass is 19.1. The minimum atomic E-state index is -0.207. The molecule has 20 heavy (non-hydrogen) atoms. The number of anilines is 2. The number of rotatable bonds is 4. The van der Waals surface area contributed by atoms with Gasteiger partial charge < -0.3 is 10.2 Å². The van der Waals surface area contributed by atoms with E-state index in [0.717, 1.165) is 16.8 Å². The minimum absolute atomic E-state index is 0.0572. The first-order chi connectivity index (χ1) is 9.49. The molecule has 2 nitrogen and oxygen atoms in total. The van der Waals surface area contributed by atoms with E-state index in [0.29, 0.717) is 5.69 Å². The predicted octanol–water partition coefficient (Wildman–Crippen LogP) is 4.37. The summed E-state index contributed by atoms with van der Waals surface area (Å²) in [5.74, 6) is -0.207. The Morgan fingerprint density at radius 3 is 2.25 bits per heavy atom. The lowest BCUT2D eigenvalue weighted by molar-refractivity contribution is 0.626. The number of nitrogens with one attached hydrogen (secondary N) is 1. The summed E-state index contributed by atoms with van der Waals surface area (Å²) in [6.07, 6.45) is 0. The van der Waals surface area contributed by atoms with Crippen LogP contribution in [-0.4, -0.2) is 14.1 Å². The van der Waals surface area contributed by atoms with Crippen LogP contribution >= 0.6 is 0 Å². The van der Waals surface area contributed by atoms with Gasteiger partial charge in [-0.25, -0.2) is 4.39 Å². The molecule has 2 aromatic rings. The zero-order valence-corrected chi connectivity index (χ0v) is 12.4. The monoisotopic (exact) mass is 272 g/mol. The highest BCUT2D eigenvalue weighted by Gasteiger charge is 2.10. The van der Waals surface area contributed by atoms with Gasteiger partial charge in [0.2, 0.25) is 0 Å². The third-order valence-corrected chi connectivity index (χ3v) is 3.49. The molecule has 0 amide bonds. The van der Waals surface area contributed by atoms with Crippen LogP contribution in [0.1, 0.15) is 24.1 Å². The Kier molecular flexibility index (Phi) is 4.28. The second-order valence-corrected chi connectivity index (χ2v) is 5.28. The summed E-state index contributed by atoms with van der Waals surface area (Å²) >= 11 is 0. The summed E-state index contributed by atoms with van der Waals surface area (Å²) in [4.78, 5) is 2.06. The van der Waals surface area contributed by atoms with E-state index in [1.54, 1.807) is 6.07 Å². The van der Waals surface area contributed by atoms with Gasteiger partial charge in [-0.15, -0.1) is 0 Å². The maximum Gasteiger partial charge on any atom is 0.146 e. The van der Waals surface area contributed by atoms with Gasteiger partial charge in [-0.05, 0) is 43.2 Å². The Hall–Kier alpha value is -2.03. The number of benzene rings is 2. The van der Waals surface area contributed by atoms with Gasteiger partial charge in [-0.3, -0.25) is 0 Å². The predicted molar refractivity (Wildman–Crippen MR) is 83.9 cm³/mol. The SMILES string of the molecule is Cc1cccc(F)c1NC(C)c1ccc(N(C)C)cc1. The zero-order valence-electron chi connectivity index (χ0n) is 12.4. The standard InChI is InChI=1S/C17H21FN2/c1-12-6-5-7-16(18)17(12)19-13(2)14-8-10-15(11-9-14)20(3)4/h5-11,13,19H,1-4H3. The van der Waals surface area contributed by atoms with Crippen molar-refractivity contribution in [2.45, 2.75) is 19.9 Å². The van der Waals surface area contributed by atoms with Crippen LogP contribution in [0, 0.1) is 12.7 Å². The Balaban J connectivity index is 2.17. The number of para-hydroxylation sites is 1. The first-order valence-corrected chi connectivity index (χ1v) is 6.78. The Morgan fingerprint density at radius 2 is 1.70 bits per heavy atom. The van der Waals surface area contributed by atoms with E-state index in [1.807, 2.05) is 34.0 Å². The summed E-state index contributed by atoms with van der Waals surface area (Å²) in [6.45, 7) is 3.95. The highest BCUT2D eigenvalue weighted by Crippen LogP contribution is 2.25. The third-order valence-electron chi connectivity index (χ3n) is 3.49. The molecule has 0 bridgehead atoms. The first-order valence-electron chi connectivity index (χ1n) is 6.78. The van der Waals surface area contributed by atoms with Crippen LogP contribution in [0.15, 0.2) is 42.5 Å². The fraction of sp³-hybridized carbons (Fsp3) is 0.294. The molecule has 0 aliphatic rings. The molecule has 0 aliphatic carbocycles. The topological polar surface area (TPSA) is 15.3 Å². The van der Waals surface area contributed by atoms with Crippen molar-refractivity contribution < 1.29 is 4.39 Å². The van der Waals surface area contributed by atoms with E-state index < -0.39 is 0 Å². The average molecular weight is 272 g/mol. The molecule has 0 heterocycles. The molecule has 0 saturated heterocycles. The number of nitrogens with zero attached hydrogens (tertiary/aromatic N) is 1. The number of aryl methyl sites for hydroxylation is 1. The smallest absolute Gasteiger partial charge is 0.146 e. The summed E-state index contributed by atoms with van der Waals surface area (Å²) in [6, 6.07) is 13.5. The van der Waals surface area contributed by atoms with E-state index in [1.165, 1.54) is 6.07 Å². The molecule has 0 saturated carbocycles. The van der Waals surface area contributed by atoms with Crippen LogP contribution in [-0.2, 0) is 0 Å². The highest BCUT2D eigenvalue weighted by molar-refractivity contribution is 5.54. The van der Waals surface area contributed by atoms with Crippen LogP contribution in [0.2, 0.25) is 0 Å². The second-order valence-electron chi connectivity index (χ2n) is 5.28. The molecule has 1 atom stereocenters. The molecule has 1 N–H and O–H groups in total. The van der Waals surface area contributed by atoms with Crippen molar-refractivity contribution in [1.29, 1.82) is 0 Å². The zero-order chi connectivity index (χ0) is 14.7. The Morgan fingerprint density at radius 1 is 1.05 bits per heavy atom. The van der Waals surface area contributed by atoms with Gasteiger partial charge in [0.1, 0.15) is 5.82 Å². The molecule has 1 unspecified atom stereocenters. The molecule has 2 rings (SSSR count). The van der Waals surface area contributed by atoms with E-state index in [2.05, 4.69) is 34.5 Å². The van der Waals surface area contributed by atoms with Crippen LogP contribution in [0.5, 0.6) is 0 Å². The van der Waals surface area contributed by atoms with Gasteiger partial charge in [0.15, 0.2) is 0 Å². The summed E-state index contributed by atoms with van der Waals surface area (Å²) in [5, 5.41) is 3.25. The first kappa shape index (κ1) is 14.4. The molecule has 0 spiro atoms. The van der Waals surface area contributed by atoms with Crippen molar-refractivity contribution in [3.05, 3.63) is 59.4 Å². The van der Waals surface area contributed by atoms with Crippen molar-refractivity contribution in [2.75, 3.05) is 24.3 Å². The summed E-state index contributed by atoms with van der Waals surface area (Å²) in [7, 11) is 4.03. The molecule has 0 fully saturated rings. The van der Waals surface area contributed by atoms with E-state index >= 15 is 0 Å². The van der Waals surface area contributed by atoms with Crippen LogP contribution in [0.4, 0.5) is 15.8 Å². The van der Waals surface area contributed by atoms with Crippen molar-refractivity contribution >= 4 is 11.4 Å². The van der Waals surface area contributed by atoms with Crippen LogP contribution in [0.25, 0.3) is 0 Å². The Labute approximate surface area is 120 Å². The lowest BCUT2D eigenvalue weighted by Gasteiger charge is -2.19.